The lowest BCUT2D eigenvalue weighted by Crippen LogP contribution is -2.50. The average molecular weight is 353 g/mol. The number of fused-ring (bicyclic) bond motifs is 1. The van der Waals surface area contributed by atoms with Crippen molar-refractivity contribution in [2.24, 2.45) is 11.7 Å². The van der Waals surface area contributed by atoms with Gasteiger partial charge < -0.3 is 10.6 Å². The number of nitrogens with zero attached hydrogens (tertiary/aromatic N) is 2. The van der Waals surface area contributed by atoms with Gasteiger partial charge in [0.2, 0.25) is 0 Å². The first kappa shape index (κ1) is 17.1. The molecule has 128 valence electrons. The van der Waals surface area contributed by atoms with Crippen molar-refractivity contribution in [3.8, 4) is 0 Å². The van der Waals surface area contributed by atoms with Gasteiger partial charge in [-0.2, -0.15) is 13.2 Å². The van der Waals surface area contributed by atoms with E-state index in [2.05, 4.69) is 11.6 Å². The Labute approximate surface area is 142 Å². The molecule has 1 aromatic heterocycles. The third-order valence-corrected chi connectivity index (χ3v) is 4.81. The van der Waals surface area contributed by atoms with Crippen molar-refractivity contribution in [3.05, 3.63) is 41.4 Å². The maximum Gasteiger partial charge on any atom is 0.433 e. The highest BCUT2D eigenvalue weighted by molar-refractivity contribution is 8.03. The first-order chi connectivity index (χ1) is 11.3. The number of thioether (sulfide) groups is 1. The summed E-state index contributed by atoms with van der Waals surface area (Å²) in [6.07, 6.45) is -4.47. The van der Waals surface area contributed by atoms with E-state index >= 15 is 0 Å². The Morgan fingerprint density at radius 2 is 2.08 bits per heavy atom. The van der Waals surface area contributed by atoms with E-state index in [1.807, 2.05) is 24.0 Å². The maximum absolute atomic E-state index is 13.2. The molecule has 0 amide bonds. The van der Waals surface area contributed by atoms with Crippen LogP contribution in [0.3, 0.4) is 0 Å². The lowest BCUT2D eigenvalue weighted by Gasteiger charge is -2.41. The smallest absolute Gasteiger partial charge is 0.370 e. The van der Waals surface area contributed by atoms with Crippen LogP contribution in [0.1, 0.15) is 12.6 Å². The van der Waals surface area contributed by atoms with Crippen LogP contribution in [0, 0.1) is 5.92 Å². The maximum atomic E-state index is 13.2. The number of nitrogens with two attached hydrogens (primary N) is 1. The summed E-state index contributed by atoms with van der Waals surface area (Å²) in [4.78, 5) is 7.47. The minimum atomic E-state index is -4.47. The fraction of sp³-hybridized carbons (Fsp3) is 0.353. The van der Waals surface area contributed by atoms with Crippen LogP contribution in [0.25, 0.3) is 10.9 Å². The average Bonchev–Trinajstić information content (AvgIpc) is 2.43. The molecule has 2 aromatic rings. The zero-order valence-corrected chi connectivity index (χ0v) is 14.0. The van der Waals surface area contributed by atoms with Gasteiger partial charge in [-0.3, -0.25) is 0 Å². The monoisotopic (exact) mass is 353 g/mol. The molecule has 0 spiro atoms. The summed E-state index contributed by atoms with van der Waals surface area (Å²) in [5.74, 6) is 0.334. The molecule has 2 N–H and O–H groups in total. The standard InChI is InChI=1S/C17H18F3N3S/c1-10(2)24-12-3-4-13-14(5-12)22-16(17(18,19)20)6-15(13)23-8-11(7-21)9-23/h3-6,11H,1,7-9,21H2,2H3. The van der Waals surface area contributed by atoms with Crippen LogP contribution in [0.5, 0.6) is 0 Å². The largest absolute Gasteiger partial charge is 0.433 e. The topological polar surface area (TPSA) is 42.1 Å². The number of rotatable bonds is 4. The van der Waals surface area contributed by atoms with E-state index in [9.17, 15) is 13.2 Å². The minimum Gasteiger partial charge on any atom is -0.370 e. The van der Waals surface area contributed by atoms with Crippen molar-refractivity contribution >= 4 is 28.4 Å². The number of hydrogen-bond donors (Lipinski definition) is 1. The summed E-state index contributed by atoms with van der Waals surface area (Å²) in [6.45, 7) is 7.57. The van der Waals surface area contributed by atoms with E-state index in [0.29, 0.717) is 36.8 Å². The first-order valence-corrected chi connectivity index (χ1v) is 8.40. The molecule has 0 radical (unpaired) electrons. The number of hydrogen-bond acceptors (Lipinski definition) is 4. The molecule has 1 saturated heterocycles. The highest BCUT2D eigenvalue weighted by Crippen LogP contribution is 2.38. The highest BCUT2D eigenvalue weighted by Gasteiger charge is 2.35. The third-order valence-electron chi connectivity index (χ3n) is 3.97. The summed E-state index contributed by atoms with van der Waals surface area (Å²) in [6, 6.07) is 6.55. The van der Waals surface area contributed by atoms with Crippen LogP contribution < -0.4 is 10.6 Å². The Bertz CT molecular complexity index is 782. The van der Waals surface area contributed by atoms with Gasteiger partial charge in [0, 0.05) is 35.0 Å². The second-order valence-corrected chi connectivity index (χ2v) is 7.39. The molecule has 0 unspecified atom stereocenters. The summed E-state index contributed by atoms with van der Waals surface area (Å²) < 4.78 is 39.6. The van der Waals surface area contributed by atoms with Gasteiger partial charge in [-0.1, -0.05) is 18.3 Å². The molecule has 24 heavy (non-hydrogen) atoms. The number of allylic oxidation sites excluding steroid dienone is 1. The summed E-state index contributed by atoms with van der Waals surface area (Å²) in [5.41, 5.74) is 5.68. The fourth-order valence-corrected chi connectivity index (χ4v) is 3.49. The third kappa shape index (κ3) is 3.37. The fourth-order valence-electron chi connectivity index (χ4n) is 2.78. The van der Waals surface area contributed by atoms with Crippen molar-refractivity contribution in [2.75, 3.05) is 24.5 Å². The van der Waals surface area contributed by atoms with Gasteiger partial charge in [-0.25, -0.2) is 4.98 Å². The second kappa shape index (κ2) is 6.29. The predicted octanol–water partition coefficient (Wildman–Crippen LogP) is 4.27. The Morgan fingerprint density at radius 1 is 1.38 bits per heavy atom. The van der Waals surface area contributed by atoms with Gasteiger partial charge in [0.1, 0.15) is 5.69 Å². The van der Waals surface area contributed by atoms with Gasteiger partial charge in [0.05, 0.1) is 5.52 Å². The van der Waals surface area contributed by atoms with E-state index < -0.39 is 11.9 Å². The number of alkyl halides is 3. The molecular weight excluding hydrogens is 335 g/mol. The van der Waals surface area contributed by atoms with Crippen molar-refractivity contribution in [1.29, 1.82) is 0 Å². The molecule has 7 heteroatoms. The second-order valence-electron chi connectivity index (χ2n) is 6.01. The molecule has 1 aliphatic rings. The first-order valence-electron chi connectivity index (χ1n) is 7.58. The molecule has 3 rings (SSSR count). The lowest BCUT2D eigenvalue weighted by atomic mass is 9.98. The van der Waals surface area contributed by atoms with Crippen molar-refractivity contribution in [1.82, 2.24) is 4.98 Å². The van der Waals surface area contributed by atoms with Crippen molar-refractivity contribution < 1.29 is 13.2 Å². The van der Waals surface area contributed by atoms with Gasteiger partial charge in [-0.05, 0) is 42.6 Å². The molecule has 3 nitrogen and oxygen atoms in total. The molecule has 1 fully saturated rings. The normalized spacial score (nSPS) is 15.6. The van der Waals surface area contributed by atoms with Crippen molar-refractivity contribution in [2.45, 2.75) is 18.0 Å². The Balaban J connectivity index is 2.09. The molecule has 1 aliphatic heterocycles. The Morgan fingerprint density at radius 3 is 2.67 bits per heavy atom. The zero-order chi connectivity index (χ0) is 17.5. The quantitative estimate of drug-likeness (QED) is 0.834. The number of benzene rings is 1. The summed E-state index contributed by atoms with van der Waals surface area (Å²) in [7, 11) is 0. The van der Waals surface area contributed by atoms with E-state index in [0.717, 1.165) is 21.3 Å². The molecule has 2 heterocycles. The highest BCUT2D eigenvalue weighted by atomic mass is 32.2. The molecular formula is C17H18F3N3S. The van der Waals surface area contributed by atoms with E-state index in [1.165, 1.54) is 11.8 Å². The van der Waals surface area contributed by atoms with Crippen LogP contribution in [-0.4, -0.2) is 24.6 Å². The number of halogens is 3. The van der Waals surface area contributed by atoms with Gasteiger partial charge in [0.15, 0.2) is 0 Å². The van der Waals surface area contributed by atoms with E-state index in [4.69, 9.17) is 5.73 Å². The van der Waals surface area contributed by atoms with Crippen LogP contribution in [0.15, 0.2) is 40.6 Å². The SMILES string of the molecule is C=C(C)Sc1ccc2c(N3CC(CN)C3)cc(C(F)(F)F)nc2c1. The van der Waals surface area contributed by atoms with Crippen LogP contribution >= 0.6 is 11.8 Å². The van der Waals surface area contributed by atoms with Crippen LogP contribution in [0.4, 0.5) is 18.9 Å². The van der Waals surface area contributed by atoms with Crippen molar-refractivity contribution in [3.63, 3.8) is 0 Å². The minimum absolute atomic E-state index is 0.334. The van der Waals surface area contributed by atoms with Gasteiger partial charge >= 0.3 is 6.18 Å². The van der Waals surface area contributed by atoms with Gasteiger partial charge in [-0.15, -0.1) is 0 Å². The Hall–Kier alpha value is -1.73. The van der Waals surface area contributed by atoms with Crippen LogP contribution in [-0.2, 0) is 6.18 Å². The predicted molar refractivity (Wildman–Crippen MR) is 92.2 cm³/mol. The lowest BCUT2D eigenvalue weighted by molar-refractivity contribution is -0.140. The number of aromatic nitrogens is 1. The van der Waals surface area contributed by atoms with E-state index in [1.54, 1.807) is 6.07 Å². The molecule has 0 atom stereocenters. The molecule has 1 aromatic carbocycles. The van der Waals surface area contributed by atoms with Crippen LogP contribution in [0.2, 0.25) is 0 Å². The number of anilines is 1. The molecule has 0 saturated carbocycles. The van der Waals surface area contributed by atoms with Gasteiger partial charge in [0.25, 0.3) is 0 Å². The molecule has 0 aliphatic carbocycles. The zero-order valence-electron chi connectivity index (χ0n) is 13.2. The van der Waals surface area contributed by atoms with E-state index in [-0.39, 0.29) is 0 Å². The molecule has 0 bridgehead atoms. The summed E-state index contributed by atoms with van der Waals surface area (Å²) in [5, 5.41) is 0.726. The summed E-state index contributed by atoms with van der Waals surface area (Å²) >= 11 is 1.42. The number of pyridine rings is 1. The Kier molecular flexibility index (Phi) is 4.48.